The van der Waals surface area contributed by atoms with E-state index in [4.69, 9.17) is 14.5 Å². The maximum atomic E-state index is 13.8. The molecule has 1 aliphatic rings. The molecule has 8 heteroatoms. The Labute approximate surface area is 197 Å². The number of esters is 1. The van der Waals surface area contributed by atoms with Gasteiger partial charge in [-0.05, 0) is 44.2 Å². The average molecular weight is 461 g/mol. The number of para-hydroxylation sites is 1. The first-order valence-electron chi connectivity index (χ1n) is 11.6. The number of aromatic nitrogens is 3. The van der Waals surface area contributed by atoms with E-state index in [1.807, 2.05) is 31.4 Å². The Balaban J connectivity index is 1.70. The average Bonchev–Trinajstić information content (AvgIpc) is 3.51. The minimum atomic E-state index is -0.448. The number of hydrogen-bond acceptors (Lipinski definition) is 6. The smallest absolute Gasteiger partial charge is 0.337 e. The van der Waals surface area contributed by atoms with Crippen LogP contribution in [0.2, 0.25) is 0 Å². The highest BCUT2D eigenvalue weighted by Crippen LogP contribution is 2.30. The minimum Gasteiger partial charge on any atom is -0.465 e. The van der Waals surface area contributed by atoms with E-state index in [1.165, 1.54) is 7.11 Å². The van der Waals surface area contributed by atoms with E-state index < -0.39 is 5.97 Å². The van der Waals surface area contributed by atoms with Crippen molar-refractivity contribution < 1.29 is 14.3 Å². The summed E-state index contributed by atoms with van der Waals surface area (Å²) in [6.07, 6.45) is 4.31. The van der Waals surface area contributed by atoms with Crippen LogP contribution in [0.25, 0.3) is 33.2 Å². The minimum absolute atomic E-state index is 0.178. The van der Waals surface area contributed by atoms with Crippen molar-refractivity contribution in [3.8, 4) is 11.3 Å². The fourth-order valence-electron chi connectivity index (χ4n) is 4.70. The molecule has 2 aromatic heterocycles. The molecule has 1 saturated heterocycles. The lowest BCUT2D eigenvalue weighted by molar-refractivity contribution is 0.0601. The lowest BCUT2D eigenvalue weighted by Crippen LogP contribution is -2.28. The number of nitrogens with one attached hydrogen (secondary N) is 1. The van der Waals surface area contributed by atoms with Crippen LogP contribution in [0.1, 0.15) is 23.2 Å². The second-order valence-corrected chi connectivity index (χ2v) is 8.56. The molecule has 8 nitrogen and oxygen atoms in total. The summed E-state index contributed by atoms with van der Waals surface area (Å²) in [5.41, 5.74) is 3.70. The van der Waals surface area contributed by atoms with E-state index in [1.54, 1.807) is 22.8 Å². The number of carbonyl (C=O) groups excluding carboxylic acids is 1. The van der Waals surface area contributed by atoms with Gasteiger partial charge in [-0.2, -0.15) is 0 Å². The topological polar surface area (TPSA) is 87.4 Å². The van der Waals surface area contributed by atoms with Crippen molar-refractivity contribution in [2.45, 2.75) is 32.0 Å². The summed E-state index contributed by atoms with van der Waals surface area (Å²) in [5, 5.41) is 4.08. The molecular formula is C26H28N4O4. The van der Waals surface area contributed by atoms with E-state index in [0.29, 0.717) is 35.4 Å². The summed E-state index contributed by atoms with van der Waals surface area (Å²) in [6.45, 7) is 2.58. The molecule has 1 atom stereocenters. The highest BCUT2D eigenvalue weighted by molar-refractivity contribution is 5.97. The first-order chi connectivity index (χ1) is 16.6. The van der Waals surface area contributed by atoms with Crippen LogP contribution in [0, 0.1) is 0 Å². The van der Waals surface area contributed by atoms with Crippen LogP contribution in [-0.4, -0.2) is 53.5 Å². The summed E-state index contributed by atoms with van der Waals surface area (Å²) < 4.78 is 14.6. The molecule has 0 spiro atoms. The zero-order valence-electron chi connectivity index (χ0n) is 19.4. The van der Waals surface area contributed by atoms with Crippen molar-refractivity contribution in [3.63, 3.8) is 0 Å². The van der Waals surface area contributed by atoms with Crippen molar-refractivity contribution in [2.75, 3.05) is 27.3 Å². The maximum absolute atomic E-state index is 13.8. The zero-order valence-corrected chi connectivity index (χ0v) is 19.4. The number of benzene rings is 2. The van der Waals surface area contributed by atoms with Crippen molar-refractivity contribution in [1.82, 2.24) is 19.4 Å². The summed E-state index contributed by atoms with van der Waals surface area (Å²) >= 11 is 0. The molecule has 0 bridgehead atoms. The number of ether oxygens (including phenoxy) is 2. The number of likely N-dealkylation sites (N-methyl/N-ethyl adjacent to an activating group) is 1. The lowest BCUT2D eigenvalue weighted by Gasteiger charge is -2.13. The Bertz CT molecular complexity index is 1420. The summed E-state index contributed by atoms with van der Waals surface area (Å²) in [7, 11) is 3.18. The molecule has 176 valence electrons. The Morgan fingerprint density at radius 3 is 2.85 bits per heavy atom. The zero-order chi connectivity index (χ0) is 23.7. The van der Waals surface area contributed by atoms with E-state index in [9.17, 15) is 9.59 Å². The Morgan fingerprint density at radius 2 is 2.09 bits per heavy atom. The van der Waals surface area contributed by atoms with Crippen LogP contribution in [0.15, 0.2) is 53.5 Å². The molecule has 1 aliphatic heterocycles. The van der Waals surface area contributed by atoms with Gasteiger partial charge in [0.05, 0.1) is 29.8 Å². The molecule has 0 amide bonds. The van der Waals surface area contributed by atoms with Gasteiger partial charge < -0.3 is 23.9 Å². The van der Waals surface area contributed by atoms with Gasteiger partial charge in [0.25, 0.3) is 5.56 Å². The first kappa shape index (κ1) is 22.3. The predicted octanol–water partition coefficient (Wildman–Crippen LogP) is 3.20. The number of rotatable bonds is 7. The van der Waals surface area contributed by atoms with Gasteiger partial charge >= 0.3 is 5.97 Å². The molecule has 0 aliphatic carbocycles. The highest BCUT2D eigenvalue weighted by Gasteiger charge is 2.21. The fourth-order valence-corrected chi connectivity index (χ4v) is 4.70. The molecule has 4 aromatic rings. The molecule has 2 aromatic carbocycles. The predicted molar refractivity (Wildman–Crippen MR) is 131 cm³/mol. The van der Waals surface area contributed by atoms with E-state index in [0.717, 1.165) is 42.5 Å². The van der Waals surface area contributed by atoms with Crippen molar-refractivity contribution in [2.24, 2.45) is 0 Å². The third-order valence-electron chi connectivity index (χ3n) is 6.42. The first-order valence-corrected chi connectivity index (χ1v) is 11.6. The number of nitrogens with zero attached hydrogens (tertiary/aromatic N) is 3. The van der Waals surface area contributed by atoms with Gasteiger partial charge in [-0.15, -0.1) is 0 Å². The third-order valence-corrected chi connectivity index (χ3v) is 6.42. The quantitative estimate of drug-likeness (QED) is 0.426. The van der Waals surface area contributed by atoms with Crippen LogP contribution in [0.3, 0.4) is 0 Å². The lowest BCUT2D eigenvalue weighted by atomic mass is 10.1. The van der Waals surface area contributed by atoms with Gasteiger partial charge in [0.2, 0.25) is 0 Å². The van der Waals surface area contributed by atoms with E-state index in [2.05, 4.69) is 16.0 Å². The van der Waals surface area contributed by atoms with E-state index in [-0.39, 0.29) is 11.7 Å². The molecule has 0 radical (unpaired) electrons. The molecule has 1 fully saturated rings. The van der Waals surface area contributed by atoms with Gasteiger partial charge in [0.1, 0.15) is 5.69 Å². The third kappa shape index (κ3) is 3.99. The highest BCUT2D eigenvalue weighted by atomic mass is 16.5. The number of hydrogen-bond donors (Lipinski definition) is 1. The van der Waals surface area contributed by atoms with Crippen molar-refractivity contribution in [3.05, 3.63) is 64.6 Å². The molecule has 0 saturated carbocycles. The fraction of sp³-hybridized carbons (Fsp3) is 0.346. The van der Waals surface area contributed by atoms with Crippen LogP contribution >= 0.6 is 0 Å². The number of fused-ring (bicyclic) bond motifs is 2. The van der Waals surface area contributed by atoms with Gasteiger partial charge in [0, 0.05) is 48.9 Å². The maximum Gasteiger partial charge on any atom is 0.337 e. The van der Waals surface area contributed by atoms with Gasteiger partial charge in [-0.25, -0.2) is 9.78 Å². The van der Waals surface area contributed by atoms with Crippen LogP contribution in [0.4, 0.5) is 0 Å². The second-order valence-electron chi connectivity index (χ2n) is 8.56. The number of carbonyl (C=O) groups is 1. The van der Waals surface area contributed by atoms with Crippen molar-refractivity contribution in [1.29, 1.82) is 0 Å². The second kappa shape index (κ2) is 9.40. The SMILES string of the molecule is CNCCn1c(=O)c(-c2cn(CC3CCCO3)c3ccccc23)nc2ccc(C(=O)OC)cc21. The van der Waals surface area contributed by atoms with Gasteiger partial charge in [-0.3, -0.25) is 4.79 Å². The molecule has 1 N–H and O–H groups in total. The Morgan fingerprint density at radius 1 is 1.24 bits per heavy atom. The summed E-state index contributed by atoms with van der Waals surface area (Å²) in [6, 6.07) is 13.2. The van der Waals surface area contributed by atoms with Crippen LogP contribution in [0.5, 0.6) is 0 Å². The molecule has 1 unspecified atom stereocenters. The van der Waals surface area contributed by atoms with Crippen LogP contribution in [-0.2, 0) is 22.6 Å². The molecule has 5 rings (SSSR count). The van der Waals surface area contributed by atoms with Crippen LogP contribution < -0.4 is 10.9 Å². The molecular weight excluding hydrogens is 432 g/mol. The van der Waals surface area contributed by atoms with Gasteiger partial charge in [-0.1, -0.05) is 18.2 Å². The Kier molecular flexibility index (Phi) is 6.17. The molecule has 3 heterocycles. The largest absolute Gasteiger partial charge is 0.465 e. The molecule has 34 heavy (non-hydrogen) atoms. The van der Waals surface area contributed by atoms with E-state index >= 15 is 0 Å². The standard InChI is InChI=1S/C26H28N4O4/c1-27-11-12-30-23-14-17(26(32)33-2)9-10-21(23)28-24(25(30)31)20-16-29(15-18-6-5-13-34-18)22-8-4-3-7-19(20)22/h3-4,7-10,14,16,18,27H,5-6,11-13,15H2,1-2H3. The normalized spacial score (nSPS) is 15.9. The van der Waals surface area contributed by atoms with Crippen molar-refractivity contribution >= 4 is 27.9 Å². The van der Waals surface area contributed by atoms with Gasteiger partial charge in [0.15, 0.2) is 0 Å². The Hall–Kier alpha value is -3.49. The summed E-state index contributed by atoms with van der Waals surface area (Å²) in [5.74, 6) is -0.448. The number of methoxy groups -OCH3 is 1. The monoisotopic (exact) mass is 460 g/mol. The summed E-state index contributed by atoms with van der Waals surface area (Å²) in [4.78, 5) is 30.6.